The molecule has 2 rings (SSSR count). The molecule has 0 aliphatic rings. The van der Waals surface area contributed by atoms with Gasteiger partial charge in [0.05, 0.1) is 0 Å². The van der Waals surface area contributed by atoms with Crippen LogP contribution in [0.25, 0.3) is 10.8 Å². The first-order valence-electron chi connectivity index (χ1n) is 7.00. The highest BCUT2D eigenvalue weighted by Gasteiger charge is 2.09. The van der Waals surface area contributed by atoms with Crippen LogP contribution in [0.4, 0.5) is 11.4 Å². The minimum atomic E-state index is 0.446. The number of aromatic nitrogens is 1. The predicted octanol–water partition coefficient (Wildman–Crippen LogP) is 4.05. The lowest BCUT2D eigenvalue weighted by molar-refractivity contribution is 0.484. The molecule has 1 aromatic carbocycles. The second-order valence-electron chi connectivity index (χ2n) is 5.42. The Kier molecular flexibility index (Phi) is 4.25. The van der Waals surface area contributed by atoms with Crippen LogP contribution < -0.4 is 11.1 Å². The van der Waals surface area contributed by atoms with Gasteiger partial charge < -0.3 is 11.1 Å². The fraction of sp³-hybridized carbons (Fsp3) is 0.438. The number of nitrogen functional groups attached to an aromatic ring is 1. The Morgan fingerprint density at radius 3 is 2.74 bits per heavy atom. The highest BCUT2D eigenvalue weighted by Crippen LogP contribution is 2.28. The summed E-state index contributed by atoms with van der Waals surface area (Å²) >= 11 is 0. The monoisotopic (exact) mass is 257 g/mol. The molecular formula is C16H23N3. The molecule has 3 N–H and O–H groups in total. The van der Waals surface area contributed by atoms with E-state index >= 15 is 0 Å². The summed E-state index contributed by atoms with van der Waals surface area (Å²) in [5.74, 6) is 0.737. The van der Waals surface area contributed by atoms with E-state index in [9.17, 15) is 0 Å². The molecule has 0 aliphatic carbocycles. The predicted molar refractivity (Wildman–Crippen MR) is 83.3 cm³/mol. The molecule has 0 saturated heterocycles. The van der Waals surface area contributed by atoms with Gasteiger partial charge in [0.2, 0.25) is 0 Å². The standard InChI is InChI=1S/C16H23N3/c1-4-11(2)9-12(3)19-16-6-5-15(17)13-7-8-18-10-14(13)16/h5-8,10-12,19H,4,9,17H2,1-3H3. The largest absolute Gasteiger partial charge is 0.398 e. The van der Waals surface area contributed by atoms with Gasteiger partial charge in [-0.25, -0.2) is 0 Å². The number of fused-ring (bicyclic) bond motifs is 1. The van der Waals surface area contributed by atoms with Gasteiger partial charge in [-0.05, 0) is 37.5 Å². The van der Waals surface area contributed by atoms with Crippen molar-refractivity contribution in [3.8, 4) is 0 Å². The summed E-state index contributed by atoms with van der Waals surface area (Å²) < 4.78 is 0. The van der Waals surface area contributed by atoms with Gasteiger partial charge in [-0.1, -0.05) is 20.3 Å². The van der Waals surface area contributed by atoms with Gasteiger partial charge in [0, 0.05) is 40.6 Å². The first-order chi connectivity index (χ1) is 9.11. The zero-order valence-electron chi connectivity index (χ0n) is 12.0. The molecule has 102 valence electrons. The van der Waals surface area contributed by atoms with Crippen molar-refractivity contribution in [2.75, 3.05) is 11.1 Å². The van der Waals surface area contributed by atoms with Crippen molar-refractivity contribution < 1.29 is 0 Å². The number of nitrogens with one attached hydrogen (secondary N) is 1. The smallest absolute Gasteiger partial charge is 0.0439 e. The van der Waals surface area contributed by atoms with E-state index in [1.165, 1.54) is 12.8 Å². The Hall–Kier alpha value is -1.77. The Morgan fingerprint density at radius 1 is 1.21 bits per heavy atom. The Bertz CT molecular complexity index is 551. The number of rotatable bonds is 5. The number of hydrogen-bond acceptors (Lipinski definition) is 3. The fourth-order valence-electron chi connectivity index (χ4n) is 2.43. The summed E-state index contributed by atoms with van der Waals surface area (Å²) in [6.45, 7) is 6.76. The average Bonchev–Trinajstić information content (AvgIpc) is 2.42. The molecule has 0 spiro atoms. The van der Waals surface area contributed by atoms with E-state index in [-0.39, 0.29) is 0 Å². The third-order valence-corrected chi connectivity index (χ3v) is 3.71. The van der Waals surface area contributed by atoms with Crippen molar-refractivity contribution in [1.82, 2.24) is 4.98 Å². The SMILES string of the molecule is CCC(C)CC(C)Nc1ccc(N)c2ccncc12. The maximum atomic E-state index is 6.00. The first kappa shape index (κ1) is 13.7. The summed E-state index contributed by atoms with van der Waals surface area (Å²) in [5.41, 5.74) is 7.92. The molecule has 2 unspecified atom stereocenters. The van der Waals surface area contributed by atoms with Gasteiger partial charge in [-0.3, -0.25) is 4.98 Å². The topological polar surface area (TPSA) is 50.9 Å². The first-order valence-corrected chi connectivity index (χ1v) is 7.00. The van der Waals surface area contributed by atoms with Crippen molar-refractivity contribution in [3.63, 3.8) is 0 Å². The normalized spacial score (nSPS) is 14.3. The van der Waals surface area contributed by atoms with E-state index in [0.29, 0.717) is 6.04 Å². The Balaban J connectivity index is 2.24. The summed E-state index contributed by atoms with van der Waals surface area (Å²) in [6.07, 6.45) is 6.05. The van der Waals surface area contributed by atoms with Crippen LogP contribution in [-0.4, -0.2) is 11.0 Å². The number of benzene rings is 1. The van der Waals surface area contributed by atoms with Gasteiger partial charge in [0.15, 0.2) is 0 Å². The average molecular weight is 257 g/mol. The summed E-state index contributed by atoms with van der Waals surface area (Å²) in [6, 6.07) is 6.42. The highest BCUT2D eigenvalue weighted by atomic mass is 14.9. The molecule has 2 aromatic rings. The van der Waals surface area contributed by atoms with Crippen molar-refractivity contribution in [3.05, 3.63) is 30.6 Å². The number of hydrogen-bond donors (Lipinski definition) is 2. The lowest BCUT2D eigenvalue weighted by atomic mass is 10.00. The minimum Gasteiger partial charge on any atom is -0.398 e. The summed E-state index contributed by atoms with van der Waals surface area (Å²) in [5, 5.41) is 5.74. The maximum absolute atomic E-state index is 6.00. The lowest BCUT2D eigenvalue weighted by Crippen LogP contribution is -2.18. The molecule has 0 saturated carbocycles. The van der Waals surface area contributed by atoms with Crippen LogP contribution in [-0.2, 0) is 0 Å². The van der Waals surface area contributed by atoms with Crippen LogP contribution in [0, 0.1) is 5.92 Å². The molecule has 0 fully saturated rings. The molecule has 3 nitrogen and oxygen atoms in total. The van der Waals surface area contributed by atoms with Gasteiger partial charge in [-0.2, -0.15) is 0 Å². The van der Waals surface area contributed by atoms with Gasteiger partial charge >= 0.3 is 0 Å². The molecule has 0 radical (unpaired) electrons. The molecule has 0 bridgehead atoms. The van der Waals surface area contributed by atoms with Gasteiger partial charge in [0.25, 0.3) is 0 Å². The number of nitrogens with two attached hydrogens (primary N) is 1. The highest BCUT2D eigenvalue weighted by molar-refractivity contribution is 6.00. The van der Waals surface area contributed by atoms with Crippen LogP contribution in [0.15, 0.2) is 30.6 Å². The molecule has 1 aromatic heterocycles. The lowest BCUT2D eigenvalue weighted by Gasteiger charge is -2.20. The number of anilines is 2. The third kappa shape index (κ3) is 3.16. The van der Waals surface area contributed by atoms with Crippen LogP contribution in [0.2, 0.25) is 0 Å². The number of pyridine rings is 1. The molecule has 0 aliphatic heterocycles. The third-order valence-electron chi connectivity index (χ3n) is 3.71. The quantitative estimate of drug-likeness (QED) is 0.794. The Morgan fingerprint density at radius 2 is 2.00 bits per heavy atom. The van der Waals surface area contributed by atoms with Gasteiger partial charge in [-0.15, -0.1) is 0 Å². The fourth-order valence-corrected chi connectivity index (χ4v) is 2.43. The van der Waals surface area contributed by atoms with Crippen LogP contribution in [0.5, 0.6) is 0 Å². The molecule has 19 heavy (non-hydrogen) atoms. The minimum absolute atomic E-state index is 0.446. The van der Waals surface area contributed by atoms with E-state index in [4.69, 9.17) is 5.73 Å². The van der Waals surface area contributed by atoms with E-state index in [2.05, 4.69) is 31.1 Å². The Labute approximate surface area is 115 Å². The van der Waals surface area contributed by atoms with E-state index < -0.39 is 0 Å². The van der Waals surface area contributed by atoms with Gasteiger partial charge in [0.1, 0.15) is 0 Å². The maximum Gasteiger partial charge on any atom is 0.0439 e. The summed E-state index contributed by atoms with van der Waals surface area (Å²) in [4.78, 5) is 4.20. The van der Waals surface area contributed by atoms with Crippen LogP contribution >= 0.6 is 0 Å². The van der Waals surface area contributed by atoms with Crippen molar-refractivity contribution >= 4 is 22.1 Å². The van der Waals surface area contributed by atoms with Crippen molar-refractivity contribution in [2.45, 2.75) is 39.7 Å². The van der Waals surface area contributed by atoms with Crippen LogP contribution in [0.3, 0.4) is 0 Å². The zero-order chi connectivity index (χ0) is 13.8. The number of nitrogens with zero attached hydrogens (tertiary/aromatic N) is 1. The van der Waals surface area contributed by atoms with Crippen LogP contribution in [0.1, 0.15) is 33.6 Å². The molecule has 0 amide bonds. The zero-order valence-corrected chi connectivity index (χ0v) is 12.0. The second-order valence-corrected chi connectivity index (χ2v) is 5.42. The van der Waals surface area contributed by atoms with E-state index in [1.54, 1.807) is 6.20 Å². The summed E-state index contributed by atoms with van der Waals surface area (Å²) in [7, 11) is 0. The molecular weight excluding hydrogens is 234 g/mol. The molecule has 3 heteroatoms. The van der Waals surface area contributed by atoms with Crippen molar-refractivity contribution in [2.24, 2.45) is 5.92 Å². The second kappa shape index (κ2) is 5.91. The van der Waals surface area contributed by atoms with E-state index in [1.807, 2.05) is 24.4 Å². The van der Waals surface area contributed by atoms with Crippen molar-refractivity contribution in [1.29, 1.82) is 0 Å². The molecule has 2 atom stereocenters. The molecule has 1 heterocycles. The van der Waals surface area contributed by atoms with E-state index in [0.717, 1.165) is 28.1 Å².